The van der Waals surface area contributed by atoms with E-state index < -0.39 is 0 Å². The zero-order valence-electron chi connectivity index (χ0n) is 11.4. The van der Waals surface area contributed by atoms with Crippen molar-refractivity contribution in [3.63, 3.8) is 0 Å². The number of nitrogens with zero attached hydrogens (tertiary/aromatic N) is 2. The normalized spacial score (nSPS) is 11.0. The Morgan fingerprint density at radius 2 is 2.05 bits per heavy atom. The zero-order chi connectivity index (χ0) is 15.0. The SMILES string of the molecule is Cc1cccc2c1ccn2Cc1cc(Cl)ccc1[N+](=O)[O-]. The number of fused-ring (bicyclic) bond motifs is 1. The fraction of sp³-hybridized carbons (Fsp3) is 0.125. The summed E-state index contributed by atoms with van der Waals surface area (Å²) in [5, 5.41) is 12.8. The van der Waals surface area contributed by atoms with Crippen molar-refractivity contribution in [1.29, 1.82) is 0 Å². The van der Waals surface area contributed by atoms with Crippen molar-refractivity contribution in [3.8, 4) is 0 Å². The van der Waals surface area contributed by atoms with Gasteiger partial charge < -0.3 is 4.57 Å². The monoisotopic (exact) mass is 300 g/mol. The van der Waals surface area contributed by atoms with Crippen LogP contribution in [0.5, 0.6) is 0 Å². The van der Waals surface area contributed by atoms with E-state index in [1.54, 1.807) is 12.1 Å². The predicted octanol–water partition coefficient (Wildman–Crippen LogP) is 4.56. The van der Waals surface area contributed by atoms with Crippen LogP contribution in [0.4, 0.5) is 5.69 Å². The van der Waals surface area contributed by atoms with E-state index in [9.17, 15) is 10.1 Å². The quantitative estimate of drug-likeness (QED) is 0.526. The number of halogens is 1. The number of hydrogen-bond donors (Lipinski definition) is 0. The Hall–Kier alpha value is -2.33. The summed E-state index contributed by atoms with van der Waals surface area (Å²) in [4.78, 5) is 10.8. The molecule has 21 heavy (non-hydrogen) atoms. The van der Waals surface area contributed by atoms with Crippen LogP contribution in [0, 0.1) is 17.0 Å². The van der Waals surface area contributed by atoms with Gasteiger partial charge >= 0.3 is 0 Å². The molecule has 1 heterocycles. The van der Waals surface area contributed by atoms with Gasteiger partial charge in [-0.15, -0.1) is 0 Å². The van der Waals surface area contributed by atoms with Gasteiger partial charge in [0.1, 0.15) is 0 Å². The van der Waals surface area contributed by atoms with Gasteiger partial charge in [-0.2, -0.15) is 0 Å². The third kappa shape index (κ3) is 2.50. The number of rotatable bonds is 3. The second-order valence-corrected chi connectivity index (χ2v) is 5.42. The van der Waals surface area contributed by atoms with Crippen molar-refractivity contribution < 1.29 is 4.92 Å². The van der Waals surface area contributed by atoms with Gasteiger partial charge in [-0.1, -0.05) is 23.7 Å². The smallest absolute Gasteiger partial charge is 0.274 e. The molecule has 3 rings (SSSR count). The third-order valence-electron chi connectivity index (χ3n) is 3.61. The van der Waals surface area contributed by atoms with E-state index >= 15 is 0 Å². The van der Waals surface area contributed by atoms with Gasteiger partial charge in [0.05, 0.1) is 17.0 Å². The van der Waals surface area contributed by atoms with Crippen molar-refractivity contribution in [2.24, 2.45) is 0 Å². The van der Waals surface area contributed by atoms with Crippen molar-refractivity contribution in [3.05, 3.63) is 74.9 Å². The van der Waals surface area contributed by atoms with Gasteiger partial charge in [-0.25, -0.2) is 0 Å². The van der Waals surface area contributed by atoms with E-state index in [2.05, 4.69) is 13.0 Å². The molecule has 0 bridgehead atoms. The van der Waals surface area contributed by atoms with E-state index in [0.717, 1.165) is 10.9 Å². The Kier molecular flexibility index (Phi) is 3.39. The molecular weight excluding hydrogens is 288 g/mol. The van der Waals surface area contributed by atoms with Crippen molar-refractivity contribution >= 4 is 28.2 Å². The fourth-order valence-electron chi connectivity index (χ4n) is 2.56. The van der Waals surface area contributed by atoms with E-state index in [1.807, 2.05) is 29.0 Å². The molecule has 0 spiro atoms. The molecule has 5 heteroatoms. The molecule has 0 atom stereocenters. The maximum atomic E-state index is 11.1. The maximum absolute atomic E-state index is 11.1. The molecule has 0 aliphatic carbocycles. The van der Waals surface area contributed by atoms with E-state index in [-0.39, 0.29) is 10.6 Å². The van der Waals surface area contributed by atoms with E-state index in [0.29, 0.717) is 17.1 Å². The third-order valence-corrected chi connectivity index (χ3v) is 3.85. The summed E-state index contributed by atoms with van der Waals surface area (Å²) in [5.41, 5.74) is 2.94. The van der Waals surface area contributed by atoms with Crippen molar-refractivity contribution in [2.75, 3.05) is 0 Å². The number of nitro groups is 1. The molecule has 0 fully saturated rings. The van der Waals surface area contributed by atoms with E-state index in [4.69, 9.17) is 11.6 Å². The Balaban J connectivity index is 2.09. The summed E-state index contributed by atoms with van der Waals surface area (Å²) < 4.78 is 2.00. The van der Waals surface area contributed by atoms with Gasteiger partial charge in [0.25, 0.3) is 5.69 Å². The number of nitro benzene ring substituents is 1. The van der Waals surface area contributed by atoms with Crippen LogP contribution < -0.4 is 0 Å². The maximum Gasteiger partial charge on any atom is 0.274 e. The van der Waals surface area contributed by atoms with Crippen LogP contribution in [0.3, 0.4) is 0 Å². The fourth-order valence-corrected chi connectivity index (χ4v) is 2.75. The molecule has 1 aromatic heterocycles. The summed E-state index contributed by atoms with van der Waals surface area (Å²) in [5.74, 6) is 0. The first-order chi connectivity index (χ1) is 10.1. The summed E-state index contributed by atoms with van der Waals surface area (Å²) in [7, 11) is 0. The zero-order valence-corrected chi connectivity index (χ0v) is 12.2. The molecule has 0 amide bonds. The van der Waals surface area contributed by atoms with Crippen LogP contribution >= 0.6 is 11.6 Å². The molecule has 106 valence electrons. The first-order valence-corrected chi connectivity index (χ1v) is 6.91. The summed E-state index contributed by atoms with van der Waals surface area (Å²) in [6.45, 7) is 2.47. The van der Waals surface area contributed by atoms with Crippen LogP contribution in [0.2, 0.25) is 5.02 Å². The number of aromatic nitrogens is 1. The van der Waals surface area contributed by atoms with Crippen molar-refractivity contribution in [2.45, 2.75) is 13.5 Å². The minimum atomic E-state index is -0.372. The van der Waals surface area contributed by atoms with Gasteiger partial charge in [-0.05, 0) is 36.8 Å². The predicted molar refractivity (Wildman–Crippen MR) is 83.9 cm³/mol. The topological polar surface area (TPSA) is 48.1 Å². The molecule has 0 unspecified atom stereocenters. The first-order valence-electron chi connectivity index (χ1n) is 6.53. The van der Waals surface area contributed by atoms with Crippen LogP contribution in [0.1, 0.15) is 11.1 Å². The lowest BCUT2D eigenvalue weighted by molar-refractivity contribution is -0.385. The standard InChI is InChI=1S/C16H13ClN2O2/c1-11-3-2-4-16-14(11)7-8-18(16)10-12-9-13(17)5-6-15(12)19(20)21/h2-9H,10H2,1H3. The molecular formula is C16H13ClN2O2. The summed E-state index contributed by atoms with van der Waals surface area (Å²) in [6, 6.07) is 12.7. The largest absolute Gasteiger partial charge is 0.343 e. The highest BCUT2D eigenvalue weighted by Crippen LogP contribution is 2.26. The Morgan fingerprint density at radius 3 is 2.81 bits per heavy atom. The number of benzene rings is 2. The highest BCUT2D eigenvalue weighted by Gasteiger charge is 2.15. The Morgan fingerprint density at radius 1 is 1.24 bits per heavy atom. The van der Waals surface area contributed by atoms with Gasteiger partial charge in [0.15, 0.2) is 0 Å². The minimum absolute atomic E-state index is 0.0916. The molecule has 2 aromatic carbocycles. The lowest BCUT2D eigenvalue weighted by Gasteiger charge is -2.07. The molecule has 3 aromatic rings. The van der Waals surface area contributed by atoms with E-state index in [1.165, 1.54) is 11.6 Å². The Bertz CT molecular complexity index is 839. The second kappa shape index (κ2) is 5.22. The molecule has 0 saturated carbocycles. The first kappa shape index (κ1) is 13.6. The molecule has 0 aliphatic rings. The van der Waals surface area contributed by atoms with Crippen LogP contribution in [-0.4, -0.2) is 9.49 Å². The van der Waals surface area contributed by atoms with Crippen LogP contribution in [-0.2, 0) is 6.54 Å². The molecule has 0 radical (unpaired) electrons. The summed E-state index contributed by atoms with van der Waals surface area (Å²) >= 11 is 5.97. The average Bonchev–Trinajstić information content (AvgIpc) is 2.83. The average molecular weight is 301 g/mol. The molecule has 4 nitrogen and oxygen atoms in total. The Labute approximate surface area is 126 Å². The minimum Gasteiger partial charge on any atom is -0.343 e. The van der Waals surface area contributed by atoms with Gasteiger partial charge in [-0.3, -0.25) is 10.1 Å². The molecule has 0 saturated heterocycles. The lowest BCUT2D eigenvalue weighted by atomic mass is 10.1. The summed E-state index contributed by atoms with van der Waals surface area (Å²) in [6.07, 6.45) is 1.95. The number of aryl methyl sites for hydroxylation is 1. The van der Waals surface area contributed by atoms with Crippen molar-refractivity contribution in [1.82, 2.24) is 4.57 Å². The lowest BCUT2D eigenvalue weighted by Crippen LogP contribution is -2.02. The molecule has 0 N–H and O–H groups in total. The second-order valence-electron chi connectivity index (χ2n) is 4.98. The number of hydrogen-bond acceptors (Lipinski definition) is 2. The molecule has 0 aliphatic heterocycles. The highest BCUT2D eigenvalue weighted by molar-refractivity contribution is 6.30. The van der Waals surface area contributed by atoms with Crippen LogP contribution in [0.25, 0.3) is 10.9 Å². The van der Waals surface area contributed by atoms with Gasteiger partial charge in [0, 0.05) is 28.2 Å². The highest BCUT2D eigenvalue weighted by atomic mass is 35.5. The van der Waals surface area contributed by atoms with Gasteiger partial charge in [0.2, 0.25) is 0 Å². The van der Waals surface area contributed by atoms with Crippen LogP contribution in [0.15, 0.2) is 48.7 Å².